The van der Waals surface area contributed by atoms with Crippen LogP contribution in [0.4, 0.5) is 0 Å². The summed E-state index contributed by atoms with van der Waals surface area (Å²) in [5.74, 6) is 0.778. The van der Waals surface area contributed by atoms with E-state index in [0.29, 0.717) is 41.5 Å². The first-order valence-corrected chi connectivity index (χ1v) is 7.39. The Kier molecular flexibility index (Phi) is 6.44. The van der Waals surface area contributed by atoms with Gasteiger partial charge in [-0.25, -0.2) is 0 Å². The first-order valence-electron chi connectivity index (χ1n) is 7.01. The summed E-state index contributed by atoms with van der Waals surface area (Å²) in [6, 6.07) is 13.7. The van der Waals surface area contributed by atoms with Gasteiger partial charge >= 0.3 is 0 Å². The van der Waals surface area contributed by atoms with Gasteiger partial charge in [-0.2, -0.15) is 0 Å². The average molecular weight is 334 g/mol. The van der Waals surface area contributed by atoms with Crippen LogP contribution < -0.4 is 14.8 Å². The second kappa shape index (κ2) is 8.80. The zero-order chi connectivity index (χ0) is 16.5. The third-order valence-electron chi connectivity index (χ3n) is 2.91. The van der Waals surface area contributed by atoms with Crippen LogP contribution in [0.1, 0.15) is 10.4 Å². The highest BCUT2D eigenvalue weighted by atomic mass is 35.5. The van der Waals surface area contributed by atoms with Crippen LogP contribution >= 0.6 is 11.6 Å². The molecule has 1 N–H and O–H groups in total. The second-order valence-corrected chi connectivity index (χ2v) is 5.03. The van der Waals surface area contributed by atoms with E-state index in [1.165, 1.54) is 0 Å². The van der Waals surface area contributed by atoms with E-state index in [0.717, 1.165) is 0 Å². The van der Waals surface area contributed by atoms with Crippen LogP contribution in [-0.4, -0.2) is 32.0 Å². The molecule has 5 nitrogen and oxygen atoms in total. The highest BCUT2D eigenvalue weighted by Crippen LogP contribution is 2.16. The molecule has 0 saturated heterocycles. The van der Waals surface area contributed by atoms with E-state index in [-0.39, 0.29) is 12.5 Å². The molecule has 0 aliphatic rings. The molecule has 0 heterocycles. The van der Waals surface area contributed by atoms with Gasteiger partial charge in [0, 0.05) is 5.02 Å². The lowest BCUT2D eigenvalue weighted by Gasteiger charge is -2.10. The van der Waals surface area contributed by atoms with Crippen LogP contribution in [0.15, 0.2) is 48.5 Å². The summed E-state index contributed by atoms with van der Waals surface area (Å²) in [6.45, 7) is 0.518. The van der Waals surface area contributed by atoms with Gasteiger partial charge in [0.2, 0.25) is 0 Å². The molecule has 0 bridgehead atoms. The minimum Gasteiger partial charge on any atom is -0.492 e. The molecular weight excluding hydrogens is 318 g/mol. The maximum atomic E-state index is 11.7. The van der Waals surface area contributed by atoms with E-state index in [1.54, 1.807) is 48.5 Å². The number of hydrogen-bond acceptors (Lipinski definition) is 4. The number of aldehydes is 1. The Morgan fingerprint density at radius 3 is 2.57 bits per heavy atom. The van der Waals surface area contributed by atoms with Crippen molar-refractivity contribution < 1.29 is 19.1 Å². The molecule has 1 amide bonds. The summed E-state index contributed by atoms with van der Waals surface area (Å²) >= 11 is 5.77. The van der Waals surface area contributed by atoms with Crippen molar-refractivity contribution in [2.45, 2.75) is 0 Å². The number of ether oxygens (including phenoxy) is 2. The standard InChI is InChI=1S/C17H16ClNO4/c18-14-5-7-15(8-6-14)22-10-9-19-17(21)12-23-16-4-2-1-3-13(16)11-20/h1-8,11H,9-10,12H2,(H,19,21). The van der Waals surface area contributed by atoms with Gasteiger partial charge in [-0.15, -0.1) is 0 Å². The van der Waals surface area contributed by atoms with Crippen LogP contribution in [0.3, 0.4) is 0 Å². The van der Waals surface area contributed by atoms with Gasteiger partial charge < -0.3 is 14.8 Å². The van der Waals surface area contributed by atoms with Crippen LogP contribution in [0.2, 0.25) is 5.02 Å². The molecule has 0 radical (unpaired) electrons. The summed E-state index contributed by atoms with van der Waals surface area (Å²) in [5.41, 5.74) is 0.409. The second-order valence-electron chi connectivity index (χ2n) is 4.60. The third kappa shape index (κ3) is 5.64. The Morgan fingerprint density at radius 1 is 1.09 bits per heavy atom. The normalized spacial score (nSPS) is 9.96. The highest BCUT2D eigenvalue weighted by molar-refractivity contribution is 6.30. The predicted molar refractivity (Wildman–Crippen MR) is 87.3 cm³/mol. The van der Waals surface area contributed by atoms with Crippen molar-refractivity contribution in [3.8, 4) is 11.5 Å². The van der Waals surface area contributed by atoms with Gasteiger partial charge in [0.05, 0.1) is 12.1 Å². The van der Waals surface area contributed by atoms with Gasteiger partial charge in [-0.3, -0.25) is 9.59 Å². The molecule has 2 aromatic rings. The van der Waals surface area contributed by atoms with Crippen molar-refractivity contribution in [1.29, 1.82) is 0 Å². The highest BCUT2D eigenvalue weighted by Gasteiger charge is 2.05. The van der Waals surface area contributed by atoms with Crippen molar-refractivity contribution in [1.82, 2.24) is 5.32 Å². The number of rotatable bonds is 8. The molecule has 23 heavy (non-hydrogen) atoms. The largest absolute Gasteiger partial charge is 0.492 e. The smallest absolute Gasteiger partial charge is 0.258 e. The topological polar surface area (TPSA) is 64.6 Å². The van der Waals surface area contributed by atoms with Gasteiger partial charge in [-0.1, -0.05) is 23.7 Å². The molecule has 120 valence electrons. The maximum absolute atomic E-state index is 11.7. The first-order chi connectivity index (χ1) is 11.2. The van der Waals surface area contributed by atoms with Crippen LogP contribution in [0.25, 0.3) is 0 Å². The molecule has 0 aromatic heterocycles. The molecule has 0 aliphatic heterocycles. The lowest BCUT2D eigenvalue weighted by molar-refractivity contribution is -0.123. The number of para-hydroxylation sites is 1. The molecular formula is C17H16ClNO4. The van der Waals surface area contributed by atoms with Crippen molar-refractivity contribution in [3.63, 3.8) is 0 Å². The summed E-state index contributed by atoms with van der Waals surface area (Å²) in [6.07, 6.45) is 0.688. The van der Waals surface area contributed by atoms with E-state index in [1.807, 2.05) is 0 Å². The SMILES string of the molecule is O=Cc1ccccc1OCC(=O)NCCOc1ccc(Cl)cc1. The predicted octanol–water partition coefficient (Wildman–Crippen LogP) is 2.73. The Bertz CT molecular complexity index is 658. The Balaban J connectivity index is 1.67. The van der Waals surface area contributed by atoms with Crippen LogP contribution in [0.5, 0.6) is 11.5 Å². The Morgan fingerprint density at radius 2 is 1.83 bits per heavy atom. The van der Waals surface area contributed by atoms with E-state index in [9.17, 15) is 9.59 Å². The fourth-order valence-electron chi connectivity index (χ4n) is 1.79. The molecule has 0 fully saturated rings. The summed E-state index contributed by atoms with van der Waals surface area (Å²) in [7, 11) is 0. The Labute approximate surface area is 139 Å². The van der Waals surface area contributed by atoms with E-state index >= 15 is 0 Å². The minimum absolute atomic E-state index is 0.161. The number of carbonyl (C=O) groups excluding carboxylic acids is 2. The number of amides is 1. The zero-order valence-electron chi connectivity index (χ0n) is 12.3. The fraction of sp³-hybridized carbons (Fsp3) is 0.176. The van der Waals surface area contributed by atoms with E-state index < -0.39 is 0 Å². The molecule has 0 unspecified atom stereocenters. The fourth-order valence-corrected chi connectivity index (χ4v) is 1.92. The van der Waals surface area contributed by atoms with Crippen molar-refractivity contribution in [3.05, 3.63) is 59.1 Å². The number of nitrogens with one attached hydrogen (secondary N) is 1. The minimum atomic E-state index is -0.287. The van der Waals surface area contributed by atoms with Crippen LogP contribution in [0, 0.1) is 0 Å². The molecule has 0 spiro atoms. The average Bonchev–Trinajstić information content (AvgIpc) is 2.58. The summed E-state index contributed by atoms with van der Waals surface area (Å²) in [5, 5.41) is 3.31. The van der Waals surface area contributed by atoms with E-state index in [4.69, 9.17) is 21.1 Å². The van der Waals surface area contributed by atoms with Gasteiger partial charge in [-0.05, 0) is 36.4 Å². The van der Waals surface area contributed by atoms with Crippen molar-refractivity contribution in [2.75, 3.05) is 19.8 Å². The van der Waals surface area contributed by atoms with Crippen LogP contribution in [-0.2, 0) is 4.79 Å². The zero-order valence-corrected chi connectivity index (χ0v) is 13.1. The number of carbonyl (C=O) groups is 2. The van der Waals surface area contributed by atoms with Crippen molar-refractivity contribution in [2.24, 2.45) is 0 Å². The molecule has 2 rings (SSSR count). The lowest BCUT2D eigenvalue weighted by Crippen LogP contribution is -2.32. The third-order valence-corrected chi connectivity index (χ3v) is 3.16. The Hall–Kier alpha value is -2.53. The molecule has 6 heteroatoms. The van der Waals surface area contributed by atoms with E-state index in [2.05, 4.69) is 5.32 Å². The molecule has 2 aromatic carbocycles. The maximum Gasteiger partial charge on any atom is 0.258 e. The number of halogens is 1. The summed E-state index contributed by atoms with van der Waals surface area (Å²) < 4.78 is 10.8. The molecule has 0 atom stereocenters. The monoisotopic (exact) mass is 333 g/mol. The number of hydrogen-bond donors (Lipinski definition) is 1. The number of benzene rings is 2. The molecule has 0 aliphatic carbocycles. The molecule has 0 saturated carbocycles. The van der Waals surface area contributed by atoms with Crippen molar-refractivity contribution >= 4 is 23.8 Å². The lowest BCUT2D eigenvalue weighted by atomic mass is 10.2. The van der Waals surface area contributed by atoms with Gasteiger partial charge in [0.15, 0.2) is 12.9 Å². The van der Waals surface area contributed by atoms with Gasteiger partial charge in [0.1, 0.15) is 18.1 Å². The van der Waals surface area contributed by atoms with Gasteiger partial charge in [0.25, 0.3) is 5.91 Å². The first kappa shape index (κ1) is 16.8. The quantitative estimate of drug-likeness (QED) is 0.596. The summed E-state index contributed by atoms with van der Waals surface area (Å²) in [4.78, 5) is 22.5.